The fourth-order valence-corrected chi connectivity index (χ4v) is 10.1. The fraction of sp³-hybridized carbons (Fsp3) is 0.766. The summed E-state index contributed by atoms with van der Waals surface area (Å²) in [6.45, 7) is 1.57. The first-order valence-electron chi connectivity index (χ1n) is 31.3. The smallest absolute Gasteiger partial charge is 0.220 e. The second kappa shape index (κ2) is 46.2. The lowest BCUT2D eigenvalue weighted by molar-refractivity contribution is -0.379. The summed E-state index contributed by atoms with van der Waals surface area (Å²) in [5.41, 5.74) is 0. The van der Waals surface area contributed by atoms with E-state index in [4.69, 9.17) is 28.4 Å². The first-order valence-corrected chi connectivity index (χ1v) is 31.3. The SMILES string of the molecule is CC/C=C\C/C=C\C/C=C\C/C=C\C/C=C\C/C=C\CCCCCCCCC(=O)NC(COC1OC(CO)C(OC2OC(CO)C(OC3OC(CO)C(O)C(O)C3O)C(O)C2O)C(O)C1O)C(O)/C=C/CCCCCCCCCCCCC. The number of rotatable bonds is 45. The van der Waals surface area contributed by atoms with E-state index in [0.29, 0.717) is 6.42 Å². The number of nitrogens with one attached hydrogen (secondary N) is 1. The van der Waals surface area contributed by atoms with Gasteiger partial charge in [0.1, 0.15) is 73.2 Å². The van der Waals surface area contributed by atoms with Crippen molar-refractivity contribution in [1.82, 2.24) is 5.32 Å². The largest absolute Gasteiger partial charge is 0.394 e. The van der Waals surface area contributed by atoms with Gasteiger partial charge in [-0.15, -0.1) is 0 Å². The van der Waals surface area contributed by atoms with Gasteiger partial charge in [-0.1, -0.05) is 189 Å². The Bertz CT molecular complexity index is 1840. The van der Waals surface area contributed by atoms with E-state index >= 15 is 0 Å². The van der Waals surface area contributed by atoms with Crippen molar-refractivity contribution < 1.29 is 89.4 Å². The number of ether oxygens (including phenoxy) is 6. The molecule has 17 atom stereocenters. The van der Waals surface area contributed by atoms with E-state index in [1.165, 1.54) is 51.4 Å². The van der Waals surface area contributed by atoms with Crippen molar-refractivity contribution in [2.24, 2.45) is 0 Å². The predicted molar refractivity (Wildman–Crippen MR) is 318 cm³/mol. The van der Waals surface area contributed by atoms with Gasteiger partial charge < -0.3 is 89.9 Å². The molecule has 0 aliphatic carbocycles. The summed E-state index contributed by atoms with van der Waals surface area (Å²) in [7, 11) is 0. The molecular formula is C64H109NO18. The Balaban J connectivity index is 1.47. The molecule has 478 valence electrons. The number of hydrogen-bond acceptors (Lipinski definition) is 18. The van der Waals surface area contributed by atoms with Crippen molar-refractivity contribution in [3.8, 4) is 0 Å². The molecule has 3 rings (SSSR count). The first kappa shape index (κ1) is 74.2. The van der Waals surface area contributed by atoms with Crippen molar-refractivity contribution in [3.63, 3.8) is 0 Å². The molecule has 1 amide bonds. The molecule has 3 fully saturated rings. The van der Waals surface area contributed by atoms with E-state index in [-0.39, 0.29) is 18.9 Å². The summed E-state index contributed by atoms with van der Waals surface area (Å²) in [5.74, 6) is -0.295. The molecule has 0 radical (unpaired) electrons. The molecular weight excluding hydrogens is 1070 g/mol. The van der Waals surface area contributed by atoms with Gasteiger partial charge in [0.05, 0.1) is 38.6 Å². The summed E-state index contributed by atoms with van der Waals surface area (Å²) in [6, 6.07) is -0.986. The first-order chi connectivity index (χ1) is 40.3. The van der Waals surface area contributed by atoms with Crippen LogP contribution < -0.4 is 5.32 Å². The molecule has 0 aromatic heterocycles. The highest BCUT2D eigenvalue weighted by molar-refractivity contribution is 5.76. The molecule has 83 heavy (non-hydrogen) atoms. The maximum Gasteiger partial charge on any atom is 0.220 e. The second-order valence-electron chi connectivity index (χ2n) is 22.1. The number of allylic oxidation sites excluding steroid dienone is 13. The van der Waals surface area contributed by atoms with E-state index in [1.807, 2.05) is 6.08 Å². The van der Waals surface area contributed by atoms with Gasteiger partial charge in [0, 0.05) is 6.42 Å². The highest BCUT2D eigenvalue weighted by Crippen LogP contribution is 2.33. The van der Waals surface area contributed by atoms with Gasteiger partial charge in [-0.2, -0.15) is 0 Å². The molecule has 17 unspecified atom stereocenters. The normalized spacial score (nSPS) is 30.0. The lowest BCUT2D eigenvalue weighted by Crippen LogP contribution is -2.66. The molecule has 0 aromatic rings. The molecule has 3 aliphatic heterocycles. The van der Waals surface area contributed by atoms with Crippen LogP contribution in [0.3, 0.4) is 0 Å². The van der Waals surface area contributed by atoms with Crippen LogP contribution in [0.1, 0.15) is 181 Å². The van der Waals surface area contributed by atoms with Crippen LogP contribution in [0.5, 0.6) is 0 Å². The van der Waals surface area contributed by atoms with Crippen LogP contribution in [0.4, 0.5) is 0 Å². The zero-order valence-corrected chi connectivity index (χ0v) is 49.9. The highest BCUT2D eigenvalue weighted by atomic mass is 16.8. The Morgan fingerprint density at radius 3 is 1.30 bits per heavy atom. The maximum atomic E-state index is 13.3. The van der Waals surface area contributed by atoms with Crippen LogP contribution in [-0.2, 0) is 33.2 Å². The lowest BCUT2D eigenvalue weighted by atomic mass is 9.96. The van der Waals surface area contributed by atoms with Crippen molar-refractivity contribution in [3.05, 3.63) is 85.1 Å². The molecule has 3 aliphatic rings. The average molecular weight is 1180 g/mol. The van der Waals surface area contributed by atoms with Crippen LogP contribution in [0.15, 0.2) is 85.1 Å². The third kappa shape index (κ3) is 29.5. The van der Waals surface area contributed by atoms with Crippen molar-refractivity contribution in [1.29, 1.82) is 0 Å². The Morgan fingerprint density at radius 2 is 0.831 bits per heavy atom. The van der Waals surface area contributed by atoms with E-state index in [9.17, 15) is 61.0 Å². The Labute approximate surface area is 495 Å². The third-order valence-electron chi connectivity index (χ3n) is 15.2. The summed E-state index contributed by atoms with van der Waals surface area (Å²) in [6.07, 6.45) is 29.8. The van der Waals surface area contributed by atoms with Crippen molar-refractivity contribution >= 4 is 5.91 Å². The van der Waals surface area contributed by atoms with Crippen LogP contribution in [0.2, 0.25) is 0 Å². The van der Waals surface area contributed by atoms with E-state index in [1.54, 1.807) is 6.08 Å². The number of carbonyl (C=O) groups is 1. The monoisotopic (exact) mass is 1180 g/mol. The molecule has 0 bridgehead atoms. The number of amides is 1. The molecule has 12 N–H and O–H groups in total. The van der Waals surface area contributed by atoms with Crippen LogP contribution in [0, 0.1) is 0 Å². The quantitative estimate of drug-likeness (QED) is 0.0233. The van der Waals surface area contributed by atoms with Crippen molar-refractivity contribution in [2.45, 2.75) is 285 Å². The molecule has 19 heteroatoms. The van der Waals surface area contributed by atoms with Gasteiger partial charge in [0.25, 0.3) is 0 Å². The zero-order valence-electron chi connectivity index (χ0n) is 49.9. The second-order valence-corrected chi connectivity index (χ2v) is 22.1. The molecule has 19 nitrogen and oxygen atoms in total. The van der Waals surface area contributed by atoms with E-state index in [0.717, 1.165) is 103 Å². The van der Waals surface area contributed by atoms with Crippen LogP contribution in [0.25, 0.3) is 0 Å². The Hall–Kier alpha value is -3.03. The highest BCUT2D eigenvalue weighted by Gasteiger charge is 2.53. The number of unbranched alkanes of at least 4 members (excludes halogenated alkanes) is 17. The van der Waals surface area contributed by atoms with Gasteiger partial charge in [-0.3, -0.25) is 4.79 Å². The summed E-state index contributed by atoms with van der Waals surface area (Å²) in [4.78, 5) is 13.3. The minimum Gasteiger partial charge on any atom is -0.394 e. The number of carbonyl (C=O) groups excluding carboxylic acids is 1. The third-order valence-corrected chi connectivity index (χ3v) is 15.2. The number of hydrogen-bond donors (Lipinski definition) is 12. The molecule has 3 heterocycles. The summed E-state index contributed by atoms with van der Waals surface area (Å²) in [5, 5.41) is 120. The number of aliphatic hydroxyl groups excluding tert-OH is 11. The lowest BCUT2D eigenvalue weighted by Gasteiger charge is -2.48. The molecule has 0 saturated carbocycles. The predicted octanol–water partition coefficient (Wildman–Crippen LogP) is 6.37. The fourth-order valence-electron chi connectivity index (χ4n) is 10.1. The zero-order chi connectivity index (χ0) is 60.5. The summed E-state index contributed by atoms with van der Waals surface area (Å²) >= 11 is 0. The van der Waals surface area contributed by atoms with E-state index in [2.05, 4.69) is 92.1 Å². The van der Waals surface area contributed by atoms with Gasteiger partial charge in [-0.25, -0.2) is 0 Å². The van der Waals surface area contributed by atoms with Gasteiger partial charge >= 0.3 is 0 Å². The number of aliphatic hydroxyl groups is 11. The van der Waals surface area contributed by atoms with Gasteiger partial charge in [-0.05, 0) is 70.6 Å². The topological polar surface area (TPSA) is 307 Å². The molecule has 0 aromatic carbocycles. The molecule has 0 spiro atoms. The van der Waals surface area contributed by atoms with Crippen LogP contribution in [-0.4, -0.2) is 193 Å². The average Bonchev–Trinajstić information content (AvgIpc) is 3.57. The molecule has 3 saturated heterocycles. The Kier molecular flexibility index (Phi) is 41.3. The Morgan fingerprint density at radius 1 is 0.446 bits per heavy atom. The standard InChI is InChI=1S/C64H109NO18/c1-3-5-7-9-11-13-15-17-18-19-20-21-22-23-24-25-26-27-28-30-32-34-36-38-40-42-52(70)65-47(48(69)41-39-37-35-33-31-29-16-14-12-10-8-6-4-2)46-78-62-58(76)55(73)60(50(44-67)80-62)83-64-59(77)56(74)61(51(45-68)81-64)82-63-57(75)54(72)53(71)49(43-66)79-63/h5,7,11,13,17-18,20-21,23-24,26-27,39,41,47-51,53-64,66-69,71-77H,3-4,6,8-10,12,14-16,19,22,25,28-38,40,42-46H2,1-2H3,(H,65,70)/b7-5-,13-11-,18-17-,21-20-,24-23-,27-26-,41-39+. The maximum absolute atomic E-state index is 13.3. The van der Waals surface area contributed by atoms with E-state index < -0.39 is 124 Å². The summed E-state index contributed by atoms with van der Waals surface area (Å²) < 4.78 is 34.2. The minimum atomic E-state index is -1.98. The van der Waals surface area contributed by atoms with Gasteiger partial charge in [0.2, 0.25) is 5.91 Å². The van der Waals surface area contributed by atoms with Gasteiger partial charge in [0.15, 0.2) is 18.9 Å². The van der Waals surface area contributed by atoms with Crippen molar-refractivity contribution in [2.75, 3.05) is 26.4 Å². The minimum absolute atomic E-state index is 0.221. The van der Waals surface area contributed by atoms with Crippen LogP contribution >= 0.6 is 0 Å².